The van der Waals surface area contributed by atoms with Gasteiger partial charge in [0.15, 0.2) is 5.82 Å². The zero-order valence-electron chi connectivity index (χ0n) is 9.10. The van der Waals surface area contributed by atoms with E-state index in [1.54, 1.807) is 0 Å². The predicted molar refractivity (Wildman–Crippen MR) is 61.2 cm³/mol. The van der Waals surface area contributed by atoms with Gasteiger partial charge in [0, 0.05) is 12.1 Å². The molecule has 16 heavy (non-hydrogen) atoms. The summed E-state index contributed by atoms with van der Waals surface area (Å²) in [5.74, 6) is 2.40. The highest BCUT2D eigenvalue weighted by Gasteiger charge is 2.00. The summed E-state index contributed by atoms with van der Waals surface area (Å²) in [6, 6.07) is 7.32. The molecule has 0 saturated heterocycles. The molecule has 0 unspecified atom stereocenters. The molecule has 0 fully saturated rings. The first-order chi connectivity index (χ1) is 7.74. The number of hydrogen-bond acceptors (Lipinski definition) is 4. The number of anilines is 1. The SMILES string of the molecule is Cc1nc(CCOc2ccc(N)cc2)n[nH]1. The molecule has 0 amide bonds. The number of hydrogen-bond donors (Lipinski definition) is 2. The molecule has 0 aliphatic carbocycles. The van der Waals surface area contributed by atoms with Crippen molar-refractivity contribution in [3.63, 3.8) is 0 Å². The Morgan fingerprint density at radius 1 is 1.31 bits per heavy atom. The molecule has 5 nitrogen and oxygen atoms in total. The molecule has 1 aromatic carbocycles. The minimum absolute atomic E-state index is 0.557. The molecule has 0 bridgehead atoms. The zero-order valence-corrected chi connectivity index (χ0v) is 9.10. The highest BCUT2D eigenvalue weighted by molar-refractivity contribution is 5.41. The first-order valence-corrected chi connectivity index (χ1v) is 5.10. The number of aromatic amines is 1. The second kappa shape index (κ2) is 4.65. The molecule has 0 spiro atoms. The summed E-state index contributed by atoms with van der Waals surface area (Å²) in [5, 5.41) is 6.82. The normalized spacial score (nSPS) is 10.3. The van der Waals surface area contributed by atoms with E-state index >= 15 is 0 Å². The highest BCUT2D eigenvalue weighted by atomic mass is 16.5. The van der Waals surface area contributed by atoms with E-state index in [1.165, 1.54) is 0 Å². The van der Waals surface area contributed by atoms with Crippen LogP contribution in [0.25, 0.3) is 0 Å². The highest BCUT2D eigenvalue weighted by Crippen LogP contribution is 2.13. The zero-order chi connectivity index (χ0) is 11.4. The minimum atomic E-state index is 0.557. The number of nitrogens with one attached hydrogen (secondary N) is 1. The van der Waals surface area contributed by atoms with E-state index in [2.05, 4.69) is 15.2 Å². The summed E-state index contributed by atoms with van der Waals surface area (Å²) in [6.07, 6.45) is 0.689. The predicted octanol–water partition coefficient (Wildman–Crippen LogP) is 1.32. The molecule has 5 heteroatoms. The molecule has 0 atom stereocenters. The molecule has 2 aromatic rings. The Bertz CT molecular complexity index is 449. The fourth-order valence-electron chi connectivity index (χ4n) is 1.33. The number of ether oxygens (including phenoxy) is 1. The van der Waals surface area contributed by atoms with Gasteiger partial charge in [0.05, 0.1) is 6.61 Å². The van der Waals surface area contributed by atoms with Crippen LogP contribution >= 0.6 is 0 Å². The topological polar surface area (TPSA) is 76.8 Å². The van der Waals surface area contributed by atoms with Gasteiger partial charge in [0.1, 0.15) is 11.6 Å². The van der Waals surface area contributed by atoms with Crippen LogP contribution in [0.3, 0.4) is 0 Å². The first kappa shape index (κ1) is 10.5. The summed E-state index contributed by atoms with van der Waals surface area (Å²) in [4.78, 5) is 4.19. The maximum Gasteiger partial charge on any atom is 0.154 e. The van der Waals surface area contributed by atoms with Gasteiger partial charge < -0.3 is 10.5 Å². The van der Waals surface area contributed by atoms with E-state index in [0.29, 0.717) is 13.0 Å². The van der Waals surface area contributed by atoms with Gasteiger partial charge in [0.2, 0.25) is 0 Å². The lowest BCUT2D eigenvalue weighted by molar-refractivity contribution is 0.319. The van der Waals surface area contributed by atoms with E-state index in [1.807, 2.05) is 31.2 Å². The molecule has 0 saturated carbocycles. The van der Waals surface area contributed by atoms with Gasteiger partial charge in [-0.1, -0.05) is 0 Å². The minimum Gasteiger partial charge on any atom is -0.493 e. The van der Waals surface area contributed by atoms with Crippen molar-refractivity contribution in [3.8, 4) is 5.75 Å². The Kier molecular flexibility index (Phi) is 3.05. The van der Waals surface area contributed by atoms with Crippen LogP contribution in [0.2, 0.25) is 0 Å². The lowest BCUT2D eigenvalue weighted by atomic mass is 10.3. The average molecular weight is 218 g/mol. The number of aromatic nitrogens is 3. The fourth-order valence-corrected chi connectivity index (χ4v) is 1.33. The maximum atomic E-state index is 5.57. The quantitative estimate of drug-likeness (QED) is 0.759. The van der Waals surface area contributed by atoms with Gasteiger partial charge in [-0.2, -0.15) is 5.10 Å². The van der Waals surface area contributed by atoms with Gasteiger partial charge >= 0.3 is 0 Å². The van der Waals surface area contributed by atoms with Crippen molar-refractivity contribution >= 4 is 5.69 Å². The third kappa shape index (κ3) is 2.73. The van der Waals surface area contributed by atoms with Crippen LogP contribution in [0, 0.1) is 6.92 Å². The van der Waals surface area contributed by atoms with Crippen LogP contribution in [0.5, 0.6) is 5.75 Å². The van der Waals surface area contributed by atoms with Crippen LogP contribution in [-0.2, 0) is 6.42 Å². The van der Waals surface area contributed by atoms with Crippen molar-refractivity contribution in [1.29, 1.82) is 0 Å². The molecule has 2 rings (SSSR count). The second-order valence-electron chi connectivity index (χ2n) is 3.50. The van der Waals surface area contributed by atoms with E-state index in [4.69, 9.17) is 10.5 Å². The Hall–Kier alpha value is -2.04. The van der Waals surface area contributed by atoms with Crippen LogP contribution in [0.4, 0.5) is 5.69 Å². The number of aryl methyl sites for hydroxylation is 1. The Morgan fingerprint density at radius 2 is 2.06 bits per heavy atom. The van der Waals surface area contributed by atoms with Crippen LogP contribution in [-0.4, -0.2) is 21.8 Å². The number of nitrogen functional groups attached to an aromatic ring is 1. The van der Waals surface area contributed by atoms with Gasteiger partial charge in [-0.3, -0.25) is 5.10 Å². The Morgan fingerprint density at radius 3 is 2.69 bits per heavy atom. The Balaban J connectivity index is 1.82. The largest absolute Gasteiger partial charge is 0.493 e. The van der Waals surface area contributed by atoms with Gasteiger partial charge in [0.25, 0.3) is 0 Å². The number of H-pyrrole nitrogens is 1. The van der Waals surface area contributed by atoms with Crippen molar-refractivity contribution in [1.82, 2.24) is 15.2 Å². The lowest BCUT2D eigenvalue weighted by Gasteiger charge is -2.04. The summed E-state index contributed by atoms with van der Waals surface area (Å²) >= 11 is 0. The van der Waals surface area contributed by atoms with Crippen molar-refractivity contribution in [2.24, 2.45) is 0 Å². The lowest BCUT2D eigenvalue weighted by Crippen LogP contribution is -2.02. The molecular weight excluding hydrogens is 204 g/mol. The smallest absolute Gasteiger partial charge is 0.154 e. The number of nitrogens with two attached hydrogens (primary N) is 1. The van der Waals surface area contributed by atoms with E-state index < -0.39 is 0 Å². The molecule has 0 aliphatic heterocycles. The average Bonchev–Trinajstić information content (AvgIpc) is 2.67. The summed E-state index contributed by atoms with van der Waals surface area (Å²) in [5.41, 5.74) is 6.30. The van der Waals surface area contributed by atoms with Gasteiger partial charge in [-0.15, -0.1) is 0 Å². The van der Waals surface area contributed by atoms with Gasteiger partial charge in [-0.05, 0) is 31.2 Å². The third-order valence-electron chi connectivity index (χ3n) is 2.12. The molecule has 84 valence electrons. The van der Waals surface area contributed by atoms with E-state index in [-0.39, 0.29) is 0 Å². The monoisotopic (exact) mass is 218 g/mol. The Labute approximate surface area is 93.7 Å². The second-order valence-corrected chi connectivity index (χ2v) is 3.50. The van der Waals surface area contributed by atoms with E-state index in [9.17, 15) is 0 Å². The standard InChI is InChI=1S/C11H14N4O/c1-8-13-11(15-14-8)6-7-16-10-4-2-9(12)3-5-10/h2-5H,6-7,12H2,1H3,(H,13,14,15). The molecular formula is C11H14N4O. The molecule has 1 aromatic heterocycles. The van der Waals surface area contributed by atoms with Crippen molar-refractivity contribution in [3.05, 3.63) is 35.9 Å². The van der Waals surface area contributed by atoms with Crippen LogP contribution in [0.15, 0.2) is 24.3 Å². The number of benzene rings is 1. The summed E-state index contributed by atoms with van der Waals surface area (Å²) in [6.45, 7) is 2.43. The van der Waals surface area contributed by atoms with E-state index in [0.717, 1.165) is 23.1 Å². The van der Waals surface area contributed by atoms with Crippen molar-refractivity contribution < 1.29 is 4.74 Å². The molecule has 3 N–H and O–H groups in total. The van der Waals surface area contributed by atoms with Crippen LogP contribution in [0.1, 0.15) is 11.6 Å². The third-order valence-corrected chi connectivity index (χ3v) is 2.12. The number of rotatable bonds is 4. The van der Waals surface area contributed by atoms with Crippen molar-refractivity contribution in [2.45, 2.75) is 13.3 Å². The van der Waals surface area contributed by atoms with Gasteiger partial charge in [-0.25, -0.2) is 4.98 Å². The summed E-state index contributed by atoms with van der Waals surface area (Å²) in [7, 11) is 0. The molecule has 0 aliphatic rings. The summed E-state index contributed by atoms with van der Waals surface area (Å²) < 4.78 is 5.52. The fraction of sp³-hybridized carbons (Fsp3) is 0.273. The van der Waals surface area contributed by atoms with Crippen LogP contribution < -0.4 is 10.5 Å². The molecule has 1 heterocycles. The molecule has 0 radical (unpaired) electrons. The van der Waals surface area contributed by atoms with Crippen molar-refractivity contribution in [2.75, 3.05) is 12.3 Å². The number of nitrogens with zero attached hydrogens (tertiary/aromatic N) is 2. The first-order valence-electron chi connectivity index (χ1n) is 5.10. The maximum absolute atomic E-state index is 5.57.